The van der Waals surface area contributed by atoms with Gasteiger partial charge in [0.2, 0.25) is 0 Å². The molecule has 4 rings (SSSR count). The van der Waals surface area contributed by atoms with Gasteiger partial charge in [-0.3, -0.25) is 4.40 Å². The van der Waals surface area contributed by atoms with Gasteiger partial charge in [-0.15, -0.1) is 10.2 Å². The number of nitrogens with zero attached hydrogens (tertiary/aromatic N) is 5. The van der Waals surface area contributed by atoms with Crippen LogP contribution in [0.5, 0.6) is 5.75 Å². The normalized spacial score (nSPS) is 11.2. The number of aromatic nitrogens is 5. The van der Waals surface area contributed by atoms with Gasteiger partial charge in [0.1, 0.15) is 23.7 Å². The fourth-order valence-electron chi connectivity index (χ4n) is 3.64. The van der Waals surface area contributed by atoms with Crippen molar-refractivity contribution in [2.24, 2.45) is 0 Å². The smallest absolute Gasteiger partial charge is 0.168 e. The first kappa shape index (κ1) is 19.0. The van der Waals surface area contributed by atoms with Gasteiger partial charge in [-0.2, -0.15) is 0 Å². The summed E-state index contributed by atoms with van der Waals surface area (Å²) in [6.07, 6.45) is 4.62. The van der Waals surface area contributed by atoms with Gasteiger partial charge in [0.25, 0.3) is 0 Å². The largest absolute Gasteiger partial charge is 0.496 e. The summed E-state index contributed by atoms with van der Waals surface area (Å²) in [5.74, 6) is 1.06. The summed E-state index contributed by atoms with van der Waals surface area (Å²) in [7, 11) is 1.57. The number of rotatable bonds is 5. The molecule has 1 aromatic carbocycles. The standard InChI is InChI=1S/C22H22FN5O/c1-13-9-20(23)18(21(10-13)29-4)8-6-16-5-7-17(22-27-25-12-28(16)22)19-11-24-15(3)26-14(19)2/h5,7,9-12H,6,8H2,1-4H3. The molecule has 3 aromatic heterocycles. The number of hydrogen-bond donors (Lipinski definition) is 0. The Labute approximate surface area is 168 Å². The number of fused-ring (bicyclic) bond motifs is 1. The highest BCUT2D eigenvalue weighted by molar-refractivity contribution is 5.78. The Kier molecular flexibility index (Phi) is 4.96. The SMILES string of the molecule is COc1cc(C)cc(F)c1CCc1ccc(-c2cnc(C)nc2C)c2nncn12. The number of ether oxygens (including phenoxy) is 1. The quantitative estimate of drug-likeness (QED) is 0.514. The van der Waals surface area contributed by atoms with Crippen LogP contribution in [0.15, 0.2) is 36.8 Å². The van der Waals surface area contributed by atoms with E-state index in [0.717, 1.165) is 39.5 Å². The molecule has 29 heavy (non-hydrogen) atoms. The van der Waals surface area contributed by atoms with Crippen LogP contribution in [-0.4, -0.2) is 31.7 Å². The lowest BCUT2D eigenvalue weighted by molar-refractivity contribution is 0.404. The third-order valence-electron chi connectivity index (χ3n) is 5.08. The van der Waals surface area contributed by atoms with Gasteiger partial charge < -0.3 is 4.74 Å². The maximum Gasteiger partial charge on any atom is 0.168 e. The molecule has 3 heterocycles. The zero-order valence-corrected chi connectivity index (χ0v) is 16.9. The highest BCUT2D eigenvalue weighted by Crippen LogP contribution is 2.28. The fraction of sp³-hybridized carbons (Fsp3) is 0.273. The molecule has 0 saturated heterocycles. The number of hydrogen-bond acceptors (Lipinski definition) is 5. The summed E-state index contributed by atoms with van der Waals surface area (Å²) in [5, 5.41) is 8.38. The van der Waals surface area contributed by atoms with Crippen LogP contribution in [0.2, 0.25) is 0 Å². The van der Waals surface area contributed by atoms with Gasteiger partial charge >= 0.3 is 0 Å². The minimum Gasteiger partial charge on any atom is -0.496 e. The van der Waals surface area contributed by atoms with Gasteiger partial charge in [0.15, 0.2) is 5.65 Å². The molecule has 0 unspecified atom stereocenters. The lowest BCUT2D eigenvalue weighted by Gasteiger charge is -2.13. The summed E-state index contributed by atoms with van der Waals surface area (Å²) >= 11 is 0. The van der Waals surface area contributed by atoms with Gasteiger partial charge in [-0.05, 0) is 63.4 Å². The second-order valence-corrected chi connectivity index (χ2v) is 7.11. The molecule has 0 aliphatic carbocycles. The summed E-state index contributed by atoms with van der Waals surface area (Å²) in [5.41, 5.74) is 5.86. The van der Waals surface area contributed by atoms with Crippen molar-refractivity contribution in [1.29, 1.82) is 0 Å². The summed E-state index contributed by atoms with van der Waals surface area (Å²) in [4.78, 5) is 8.77. The van der Waals surface area contributed by atoms with Crippen LogP contribution in [0.3, 0.4) is 0 Å². The maximum absolute atomic E-state index is 14.5. The third kappa shape index (κ3) is 3.55. The van der Waals surface area contributed by atoms with Gasteiger partial charge in [0.05, 0.1) is 7.11 Å². The third-order valence-corrected chi connectivity index (χ3v) is 5.08. The van der Waals surface area contributed by atoms with Crippen LogP contribution >= 0.6 is 0 Å². The first-order valence-electron chi connectivity index (χ1n) is 9.43. The van der Waals surface area contributed by atoms with E-state index in [9.17, 15) is 4.39 Å². The minimum absolute atomic E-state index is 0.245. The summed E-state index contributed by atoms with van der Waals surface area (Å²) in [6.45, 7) is 5.67. The monoisotopic (exact) mass is 391 g/mol. The number of pyridine rings is 1. The Morgan fingerprint density at radius 2 is 1.90 bits per heavy atom. The zero-order chi connectivity index (χ0) is 20.5. The lowest BCUT2D eigenvalue weighted by Crippen LogP contribution is -2.04. The van der Waals surface area contributed by atoms with Crippen LogP contribution < -0.4 is 4.74 Å². The molecule has 0 N–H and O–H groups in total. The van der Waals surface area contributed by atoms with Crippen molar-refractivity contribution in [3.8, 4) is 16.9 Å². The molecule has 0 fully saturated rings. The molecule has 0 bridgehead atoms. The van der Waals surface area contributed by atoms with E-state index >= 15 is 0 Å². The molecule has 0 saturated carbocycles. The maximum atomic E-state index is 14.5. The molecular formula is C22H22FN5O. The van der Waals surface area contributed by atoms with Crippen molar-refractivity contribution < 1.29 is 9.13 Å². The van der Waals surface area contributed by atoms with Crippen LogP contribution in [-0.2, 0) is 12.8 Å². The van der Waals surface area contributed by atoms with Crippen LogP contribution in [0.1, 0.15) is 28.3 Å². The molecule has 0 atom stereocenters. The summed E-state index contributed by atoms with van der Waals surface area (Å²) in [6, 6.07) is 7.41. The highest BCUT2D eigenvalue weighted by Gasteiger charge is 2.15. The average Bonchev–Trinajstić information content (AvgIpc) is 3.17. The topological polar surface area (TPSA) is 65.2 Å². The minimum atomic E-state index is -0.245. The van der Waals surface area contributed by atoms with Crippen molar-refractivity contribution in [3.05, 3.63) is 70.9 Å². The number of benzene rings is 1. The molecular weight excluding hydrogens is 369 g/mol. The van der Waals surface area contributed by atoms with E-state index in [2.05, 4.69) is 20.2 Å². The molecule has 6 nitrogen and oxygen atoms in total. The van der Waals surface area contributed by atoms with E-state index in [-0.39, 0.29) is 5.82 Å². The lowest BCUT2D eigenvalue weighted by atomic mass is 10.0. The molecule has 0 radical (unpaired) electrons. The zero-order valence-electron chi connectivity index (χ0n) is 16.9. The van der Waals surface area contributed by atoms with E-state index < -0.39 is 0 Å². The Balaban J connectivity index is 1.70. The molecule has 7 heteroatoms. The molecule has 4 aromatic rings. The van der Waals surface area contributed by atoms with Gasteiger partial charge in [-0.25, -0.2) is 14.4 Å². The van der Waals surface area contributed by atoms with Crippen molar-refractivity contribution in [1.82, 2.24) is 24.6 Å². The molecule has 0 aliphatic rings. The van der Waals surface area contributed by atoms with Gasteiger partial charge in [-0.1, -0.05) is 0 Å². The fourth-order valence-corrected chi connectivity index (χ4v) is 3.64. The second-order valence-electron chi connectivity index (χ2n) is 7.11. The number of aryl methyl sites for hydroxylation is 4. The van der Waals surface area contributed by atoms with E-state index in [4.69, 9.17) is 4.74 Å². The Morgan fingerprint density at radius 1 is 1.07 bits per heavy atom. The van der Waals surface area contributed by atoms with Gasteiger partial charge in [0, 0.05) is 34.3 Å². The Morgan fingerprint density at radius 3 is 2.66 bits per heavy atom. The predicted molar refractivity (Wildman–Crippen MR) is 109 cm³/mol. The Bertz CT molecular complexity index is 1200. The van der Waals surface area contributed by atoms with Crippen LogP contribution in [0.4, 0.5) is 4.39 Å². The van der Waals surface area contributed by atoms with E-state index in [1.54, 1.807) is 13.4 Å². The number of methoxy groups -OCH3 is 1. The van der Waals surface area contributed by atoms with Crippen LogP contribution in [0, 0.1) is 26.6 Å². The number of halogens is 1. The predicted octanol–water partition coefficient (Wildman–Crippen LogP) is 4.04. The molecule has 0 amide bonds. The van der Waals surface area contributed by atoms with Crippen molar-refractivity contribution in [2.75, 3.05) is 7.11 Å². The molecule has 0 aliphatic heterocycles. The van der Waals surface area contributed by atoms with E-state index in [0.29, 0.717) is 24.2 Å². The van der Waals surface area contributed by atoms with Crippen LogP contribution in [0.25, 0.3) is 16.8 Å². The van der Waals surface area contributed by atoms with E-state index in [1.807, 2.05) is 49.6 Å². The Hall–Kier alpha value is -3.35. The molecule has 0 spiro atoms. The first-order valence-corrected chi connectivity index (χ1v) is 9.43. The van der Waals surface area contributed by atoms with Crippen molar-refractivity contribution in [3.63, 3.8) is 0 Å². The van der Waals surface area contributed by atoms with Crippen molar-refractivity contribution in [2.45, 2.75) is 33.6 Å². The second kappa shape index (κ2) is 7.58. The average molecular weight is 391 g/mol. The van der Waals surface area contributed by atoms with Crippen molar-refractivity contribution >= 4 is 5.65 Å². The highest BCUT2D eigenvalue weighted by atomic mass is 19.1. The summed E-state index contributed by atoms with van der Waals surface area (Å²) < 4.78 is 21.8. The first-order chi connectivity index (χ1) is 14.0. The molecule has 148 valence electrons. The van der Waals surface area contributed by atoms with E-state index in [1.165, 1.54) is 6.07 Å².